The zero-order valence-corrected chi connectivity index (χ0v) is 12.8. The van der Waals surface area contributed by atoms with E-state index >= 15 is 0 Å². The molecule has 0 bridgehead atoms. The number of nitrogens with zero attached hydrogens (tertiary/aromatic N) is 3. The molecule has 128 valence electrons. The highest BCUT2D eigenvalue weighted by molar-refractivity contribution is 5.76. The van der Waals surface area contributed by atoms with Crippen molar-refractivity contribution < 1.29 is 22.7 Å². The summed E-state index contributed by atoms with van der Waals surface area (Å²) in [6.07, 6.45) is -4.11. The smallest absolute Gasteiger partial charge is 0.396 e. The Morgan fingerprint density at radius 3 is 2.65 bits per heavy atom. The Kier molecular flexibility index (Phi) is 5.59. The lowest BCUT2D eigenvalue weighted by Crippen LogP contribution is -2.35. The van der Waals surface area contributed by atoms with E-state index in [2.05, 4.69) is 4.98 Å². The Morgan fingerprint density at radius 1 is 1.30 bits per heavy atom. The van der Waals surface area contributed by atoms with Gasteiger partial charge >= 0.3 is 6.18 Å². The van der Waals surface area contributed by atoms with Crippen molar-refractivity contribution >= 4 is 11.0 Å². The molecule has 0 saturated heterocycles. The average Bonchev–Trinajstić information content (AvgIpc) is 2.82. The predicted octanol–water partition coefficient (Wildman–Crippen LogP) is 2.94. The van der Waals surface area contributed by atoms with Crippen LogP contribution in [0.1, 0.15) is 19.2 Å². The molecule has 2 aromatic rings. The molecular weight excluding hydrogens is 314 g/mol. The molecule has 1 aromatic heterocycles. The summed E-state index contributed by atoms with van der Waals surface area (Å²) in [4.78, 5) is 5.35. The summed E-state index contributed by atoms with van der Waals surface area (Å²) in [5.41, 5.74) is 0.732. The van der Waals surface area contributed by atoms with Crippen molar-refractivity contribution in [3.8, 4) is 0 Å². The highest BCUT2D eigenvalue weighted by Crippen LogP contribution is 2.22. The van der Waals surface area contributed by atoms with Gasteiger partial charge in [0.1, 0.15) is 11.3 Å². The number of benzene rings is 1. The number of fused-ring (bicyclic) bond motifs is 1. The number of halogens is 4. The van der Waals surface area contributed by atoms with Crippen LogP contribution in [0.25, 0.3) is 11.0 Å². The molecule has 0 spiro atoms. The molecule has 0 aliphatic heterocycles. The number of hydrogen-bond acceptors (Lipinski definition) is 3. The molecule has 0 aliphatic carbocycles. The number of para-hydroxylation sites is 1. The molecule has 2 rings (SSSR count). The number of aliphatic hydroxyl groups excluding tert-OH is 1. The van der Waals surface area contributed by atoms with Crippen LogP contribution in [0.2, 0.25) is 0 Å². The standard InChI is InChI=1S/C15H19F4N3O/c1-2-22-12-6-3-5-11(16)14(12)20-13(22)9-21(7-4-8-23)10-15(17,18)19/h3,5-6,23H,2,4,7-10H2,1H3. The minimum atomic E-state index is -4.34. The van der Waals surface area contributed by atoms with E-state index in [1.807, 2.05) is 6.92 Å². The second kappa shape index (κ2) is 7.27. The summed E-state index contributed by atoms with van der Waals surface area (Å²) < 4.78 is 53.6. The first-order valence-corrected chi connectivity index (χ1v) is 7.39. The molecule has 4 nitrogen and oxygen atoms in total. The van der Waals surface area contributed by atoms with Crippen molar-refractivity contribution in [3.63, 3.8) is 0 Å². The Balaban J connectivity index is 2.31. The van der Waals surface area contributed by atoms with Crippen LogP contribution in [0, 0.1) is 5.82 Å². The van der Waals surface area contributed by atoms with Gasteiger partial charge in [-0.25, -0.2) is 9.37 Å². The van der Waals surface area contributed by atoms with Gasteiger partial charge in [0, 0.05) is 19.7 Å². The maximum atomic E-state index is 13.8. The number of hydrogen-bond donors (Lipinski definition) is 1. The second-order valence-electron chi connectivity index (χ2n) is 5.28. The molecule has 1 heterocycles. The van der Waals surface area contributed by atoms with Crippen molar-refractivity contribution in [1.82, 2.24) is 14.5 Å². The van der Waals surface area contributed by atoms with E-state index in [0.717, 1.165) is 0 Å². The monoisotopic (exact) mass is 333 g/mol. The summed E-state index contributed by atoms with van der Waals surface area (Å²) in [6.45, 7) is 1.06. The van der Waals surface area contributed by atoms with Crippen LogP contribution in [0.4, 0.5) is 17.6 Å². The van der Waals surface area contributed by atoms with Gasteiger partial charge in [0.25, 0.3) is 0 Å². The lowest BCUT2D eigenvalue weighted by molar-refractivity contribution is -0.147. The first-order chi connectivity index (χ1) is 10.9. The second-order valence-corrected chi connectivity index (χ2v) is 5.28. The number of aromatic nitrogens is 2. The van der Waals surface area contributed by atoms with Crippen molar-refractivity contribution in [2.24, 2.45) is 0 Å². The number of alkyl halides is 3. The summed E-state index contributed by atoms with van der Waals surface area (Å²) in [7, 11) is 0. The van der Waals surface area contributed by atoms with Gasteiger partial charge in [0.15, 0.2) is 5.82 Å². The Morgan fingerprint density at radius 2 is 2.04 bits per heavy atom. The predicted molar refractivity (Wildman–Crippen MR) is 78.4 cm³/mol. The zero-order valence-electron chi connectivity index (χ0n) is 12.8. The largest absolute Gasteiger partial charge is 0.401 e. The molecule has 0 saturated carbocycles. The molecule has 0 radical (unpaired) electrons. The van der Waals surface area contributed by atoms with E-state index in [9.17, 15) is 17.6 Å². The fourth-order valence-corrected chi connectivity index (χ4v) is 2.60. The fraction of sp³-hybridized carbons (Fsp3) is 0.533. The van der Waals surface area contributed by atoms with Gasteiger partial charge in [-0.2, -0.15) is 13.2 Å². The van der Waals surface area contributed by atoms with E-state index in [-0.39, 0.29) is 31.6 Å². The normalized spacial score (nSPS) is 12.5. The third-order valence-electron chi connectivity index (χ3n) is 3.53. The molecule has 23 heavy (non-hydrogen) atoms. The maximum absolute atomic E-state index is 13.8. The SMILES string of the molecule is CCn1c(CN(CCCO)CC(F)(F)F)nc2c(F)cccc21. The summed E-state index contributed by atoms with van der Waals surface area (Å²) >= 11 is 0. The fourth-order valence-electron chi connectivity index (χ4n) is 2.60. The van der Waals surface area contributed by atoms with E-state index in [0.29, 0.717) is 17.9 Å². The molecule has 0 amide bonds. The van der Waals surface area contributed by atoms with E-state index in [1.54, 1.807) is 16.7 Å². The molecule has 8 heteroatoms. The quantitative estimate of drug-likeness (QED) is 0.792. The number of rotatable bonds is 7. The van der Waals surface area contributed by atoms with Gasteiger partial charge in [-0.15, -0.1) is 0 Å². The zero-order chi connectivity index (χ0) is 17.0. The topological polar surface area (TPSA) is 41.3 Å². The Hall–Kier alpha value is -1.67. The van der Waals surface area contributed by atoms with E-state index in [4.69, 9.17) is 5.11 Å². The molecular formula is C15H19F4N3O. The van der Waals surface area contributed by atoms with Crippen LogP contribution in [-0.2, 0) is 13.1 Å². The molecule has 0 atom stereocenters. The third kappa shape index (κ3) is 4.42. The van der Waals surface area contributed by atoms with Crippen LogP contribution >= 0.6 is 0 Å². The van der Waals surface area contributed by atoms with E-state index < -0.39 is 18.5 Å². The lowest BCUT2D eigenvalue weighted by Gasteiger charge is -2.23. The highest BCUT2D eigenvalue weighted by atomic mass is 19.4. The molecule has 1 aromatic carbocycles. The lowest BCUT2D eigenvalue weighted by atomic mass is 10.3. The molecule has 1 N–H and O–H groups in total. The van der Waals surface area contributed by atoms with Crippen LogP contribution < -0.4 is 0 Å². The van der Waals surface area contributed by atoms with Crippen LogP contribution in [0.15, 0.2) is 18.2 Å². The van der Waals surface area contributed by atoms with Crippen LogP contribution in [-0.4, -0.2) is 45.4 Å². The van der Waals surface area contributed by atoms with Crippen molar-refractivity contribution in [1.29, 1.82) is 0 Å². The minimum absolute atomic E-state index is 0.0541. The molecule has 0 aliphatic rings. The number of aliphatic hydroxyl groups is 1. The van der Waals surface area contributed by atoms with Gasteiger partial charge in [-0.1, -0.05) is 6.07 Å². The Labute approximate surface area is 131 Å². The Bertz CT molecular complexity index is 654. The third-order valence-corrected chi connectivity index (χ3v) is 3.53. The first-order valence-electron chi connectivity index (χ1n) is 7.39. The number of imidazole rings is 1. The van der Waals surface area contributed by atoms with Crippen LogP contribution in [0.3, 0.4) is 0 Å². The van der Waals surface area contributed by atoms with Gasteiger partial charge in [-0.05, 0) is 25.5 Å². The molecule has 0 fully saturated rings. The summed E-state index contributed by atoms with van der Waals surface area (Å²) in [6, 6.07) is 4.52. The molecule has 0 unspecified atom stereocenters. The first kappa shape index (κ1) is 17.7. The van der Waals surface area contributed by atoms with Crippen LogP contribution in [0.5, 0.6) is 0 Å². The summed E-state index contributed by atoms with van der Waals surface area (Å²) in [5.74, 6) is -0.108. The van der Waals surface area contributed by atoms with Crippen molar-refractivity contribution in [2.75, 3.05) is 19.7 Å². The minimum Gasteiger partial charge on any atom is -0.396 e. The number of aryl methyl sites for hydroxylation is 1. The van der Waals surface area contributed by atoms with Gasteiger partial charge in [0.05, 0.1) is 18.6 Å². The highest BCUT2D eigenvalue weighted by Gasteiger charge is 2.31. The van der Waals surface area contributed by atoms with Crippen molar-refractivity contribution in [2.45, 2.75) is 32.6 Å². The maximum Gasteiger partial charge on any atom is 0.401 e. The van der Waals surface area contributed by atoms with Gasteiger partial charge < -0.3 is 9.67 Å². The average molecular weight is 333 g/mol. The summed E-state index contributed by atoms with van der Waals surface area (Å²) in [5, 5.41) is 8.85. The van der Waals surface area contributed by atoms with Gasteiger partial charge in [0.2, 0.25) is 0 Å². The van der Waals surface area contributed by atoms with Crippen molar-refractivity contribution in [3.05, 3.63) is 29.8 Å². The van der Waals surface area contributed by atoms with E-state index in [1.165, 1.54) is 11.0 Å². The van der Waals surface area contributed by atoms with Gasteiger partial charge in [-0.3, -0.25) is 4.90 Å².